The van der Waals surface area contributed by atoms with Gasteiger partial charge in [-0.1, -0.05) is 6.07 Å². The molecule has 0 aromatic heterocycles. The minimum Gasteiger partial charge on any atom is -0.457 e. The van der Waals surface area contributed by atoms with Gasteiger partial charge in [-0.15, -0.1) is 0 Å². The highest BCUT2D eigenvalue weighted by molar-refractivity contribution is 6.00. The van der Waals surface area contributed by atoms with Crippen molar-refractivity contribution in [2.75, 3.05) is 0 Å². The molecule has 2 aromatic carbocycles. The number of halogens is 3. The minimum atomic E-state index is -4.68. The Hall–Kier alpha value is -3.54. The van der Waals surface area contributed by atoms with Crippen molar-refractivity contribution < 1.29 is 32.2 Å². The predicted octanol–water partition coefficient (Wildman–Crippen LogP) is 4.42. The SMILES string of the molecule is N#Cc1ccc(Oc2ccc3c(c2)CCC[C@H]3C2OC(=O)NC2=O)c(C(F)(F)F)c1. The van der Waals surface area contributed by atoms with E-state index >= 15 is 0 Å². The van der Waals surface area contributed by atoms with Crippen LogP contribution in [0.1, 0.15) is 41.0 Å². The normalized spacial score (nSPS) is 20.7. The Bertz CT molecular complexity index is 1070. The Morgan fingerprint density at radius 3 is 2.63 bits per heavy atom. The van der Waals surface area contributed by atoms with Crippen LogP contribution in [0.4, 0.5) is 18.0 Å². The molecule has 1 aliphatic carbocycles. The highest BCUT2D eigenvalue weighted by Crippen LogP contribution is 2.41. The first-order valence-corrected chi connectivity index (χ1v) is 9.20. The van der Waals surface area contributed by atoms with Crippen molar-refractivity contribution >= 4 is 12.0 Å². The average Bonchev–Trinajstić information content (AvgIpc) is 3.04. The van der Waals surface area contributed by atoms with Crippen molar-refractivity contribution in [2.45, 2.75) is 37.5 Å². The van der Waals surface area contributed by atoms with Gasteiger partial charge in [0.1, 0.15) is 11.5 Å². The summed E-state index contributed by atoms with van der Waals surface area (Å²) in [4.78, 5) is 23.3. The molecule has 1 aliphatic heterocycles. The number of nitrogens with one attached hydrogen (secondary N) is 1. The van der Waals surface area contributed by atoms with Crippen LogP contribution in [-0.2, 0) is 22.1 Å². The van der Waals surface area contributed by atoms with Gasteiger partial charge in [0.2, 0.25) is 0 Å². The Balaban J connectivity index is 1.64. The number of carbonyl (C=O) groups is 2. The van der Waals surface area contributed by atoms with Crippen LogP contribution in [0.3, 0.4) is 0 Å². The van der Waals surface area contributed by atoms with E-state index in [4.69, 9.17) is 14.7 Å². The van der Waals surface area contributed by atoms with Crippen LogP contribution in [0.5, 0.6) is 11.5 Å². The van der Waals surface area contributed by atoms with E-state index in [9.17, 15) is 22.8 Å². The summed E-state index contributed by atoms with van der Waals surface area (Å²) in [6.07, 6.45) is -4.35. The van der Waals surface area contributed by atoms with E-state index in [2.05, 4.69) is 5.32 Å². The summed E-state index contributed by atoms with van der Waals surface area (Å²) in [5.41, 5.74) is 0.472. The molecule has 1 fully saturated rings. The third kappa shape index (κ3) is 3.68. The molecule has 2 aromatic rings. The molecule has 2 aliphatic rings. The van der Waals surface area contributed by atoms with Gasteiger partial charge in [0.15, 0.2) is 6.10 Å². The number of cyclic esters (lactones) is 1. The van der Waals surface area contributed by atoms with E-state index in [1.807, 2.05) is 0 Å². The smallest absolute Gasteiger partial charge is 0.420 e. The fraction of sp³-hybridized carbons (Fsp3) is 0.286. The van der Waals surface area contributed by atoms with Gasteiger partial charge in [0.05, 0.1) is 17.2 Å². The van der Waals surface area contributed by atoms with E-state index in [1.165, 1.54) is 12.1 Å². The molecule has 2 amide bonds. The van der Waals surface area contributed by atoms with Gasteiger partial charge < -0.3 is 9.47 Å². The van der Waals surface area contributed by atoms with Crippen LogP contribution in [-0.4, -0.2) is 18.1 Å². The van der Waals surface area contributed by atoms with E-state index < -0.39 is 35.6 Å². The summed E-state index contributed by atoms with van der Waals surface area (Å²) < 4.78 is 50.7. The summed E-state index contributed by atoms with van der Waals surface area (Å²) in [5, 5.41) is 11.0. The molecule has 1 heterocycles. The number of ether oxygens (including phenoxy) is 2. The highest BCUT2D eigenvalue weighted by atomic mass is 19.4. The number of alkyl halides is 3. The van der Waals surface area contributed by atoms with Gasteiger partial charge in [-0.2, -0.15) is 18.4 Å². The molecule has 4 rings (SSSR count). The maximum absolute atomic E-state index is 13.4. The number of nitriles is 1. The van der Waals surface area contributed by atoms with Gasteiger partial charge in [0, 0.05) is 5.92 Å². The van der Waals surface area contributed by atoms with Crippen LogP contribution in [0.25, 0.3) is 0 Å². The fourth-order valence-corrected chi connectivity index (χ4v) is 3.88. The van der Waals surface area contributed by atoms with E-state index in [1.54, 1.807) is 18.2 Å². The molecule has 6 nitrogen and oxygen atoms in total. The summed E-state index contributed by atoms with van der Waals surface area (Å²) in [6.45, 7) is 0. The molecular weight excluding hydrogens is 401 g/mol. The summed E-state index contributed by atoms with van der Waals surface area (Å²) in [7, 11) is 0. The minimum absolute atomic E-state index is 0.118. The largest absolute Gasteiger partial charge is 0.457 e. The quantitative estimate of drug-likeness (QED) is 0.800. The zero-order chi connectivity index (χ0) is 21.5. The van der Waals surface area contributed by atoms with E-state index in [0.717, 1.165) is 29.7 Å². The molecule has 0 saturated carbocycles. The Kier molecular flexibility index (Phi) is 4.86. The monoisotopic (exact) mass is 416 g/mol. The standard InChI is InChI=1S/C21H15F3N2O4/c22-21(23,24)16-8-11(10-25)4-7-17(16)29-13-5-6-14-12(9-13)2-1-3-15(14)18-19(27)26-20(28)30-18/h4-9,15,18H,1-3H2,(H,26,27,28)/t15-,18?/m1/s1. The molecule has 9 heteroatoms. The third-order valence-corrected chi connectivity index (χ3v) is 5.20. The Labute approximate surface area is 169 Å². The van der Waals surface area contributed by atoms with E-state index in [-0.39, 0.29) is 17.2 Å². The summed E-state index contributed by atoms with van der Waals surface area (Å²) in [5.74, 6) is -1.02. The number of amides is 2. The first-order chi connectivity index (χ1) is 14.3. The molecule has 1 N–H and O–H groups in total. The summed E-state index contributed by atoms with van der Waals surface area (Å²) in [6, 6.07) is 9.64. The molecule has 2 atom stereocenters. The van der Waals surface area contributed by atoms with Crippen molar-refractivity contribution in [3.8, 4) is 17.6 Å². The molecule has 0 spiro atoms. The molecule has 0 radical (unpaired) electrons. The van der Waals surface area contributed by atoms with Crippen LogP contribution in [0.15, 0.2) is 36.4 Å². The van der Waals surface area contributed by atoms with Crippen LogP contribution in [0.2, 0.25) is 0 Å². The number of aryl methyl sites for hydroxylation is 1. The summed E-state index contributed by atoms with van der Waals surface area (Å²) >= 11 is 0. The molecule has 154 valence electrons. The van der Waals surface area contributed by atoms with Gasteiger partial charge in [-0.05, 0) is 60.7 Å². The molecule has 1 unspecified atom stereocenters. The van der Waals surface area contributed by atoms with Crippen molar-refractivity contribution in [1.82, 2.24) is 5.32 Å². The first kappa shape index (κ1) is 19.8. The van der Waals surface area contributed by atoms with Crippen LogP contribution >= 0.6 is 0 Å². The van der Waals surface area contributed by atoms with Crippen LogP contribution in [0, 0.1) is 11.3 Å². The second kappa shape index (κ2) is 7.37. The van der Waals surface area contributed by atoms with Crippen molar-refractivity contribution in [1.29, 1.82) is 5.26 Å². The first-order valence-electron chi connectivity index (χ1n) is 9.20. The molecular formula is C21H15F3N2O4. The number of alkyl carbamates (subject to hydrolysis) is 1. The number of carbonyl (C=O) groups excluding carboxylic acids is 2. The molecule has 0 bridgehead atoms. The highest BCUT2D eigenvalue weighted by Gasteiger charge is 2.41. The second-order valence-electron chi connectivity index (χ2n) is 7.10. The molecule has 30 heavy (non-hydrogen) atoms. The zero-order valence-corrected chi connectivity index (χ0v) is 15.5. The number of imide groups is 1. The number of benzene rings is 2. The number of nitrogens with zero attached hydrogens (tertiary/aromatic N) is 1. The lowest BCUT2D eigenvalue weighted by Crippen LogP contribution is -2.31. The number of fused-ring (bicyclic) bond motifs is 1. The number of rotatable bonds is 3. The van der Waals surface area contributed by atoms with Gasteiger partial charge in [0.25, 0.3) is 5.91 Å². The van der Waals surface area contributed by atoms with Gasteiger partial charge >= 0.3 is 12.3 Å². The second-order valence-corrected chi connectivity index (χ2v) is 7.10. The topological polar surface area (TPSA) is 88.4 Å². The lowest BCUT2D eigenvalue weighted by atomic mass is 9.79. The lowest BCUT2D eigenvalue weighted by Gasteiger charge is -2.28. The van der Waals surface area contributed by atoms with Gasteiger partial charge in [-0.25, -0.2) is 4.79 Å². The van der Waals surface area contributed by atoms with Crippen molar-refractivity contribution in [3.63, 3.8) is 0 Å². The van der Waals surface area contributed by atoms with Crippen molar-refractivity contribution in [2.24, 2.45) is 0 Å². The van der Waals surface area contributed by atoms with E-state index in [0.29, 0.717) is 12.8 Å². The number of hydrogen-bond acceptors (Lipinski definition) is 5. The van der Waals surface area contributed by atoms with Crippen LogP contribution < -0.4 is 10.1 Å². The lowest BCUT2D eigenvalue weighted by molar-refractivity contribution is -0.138. The average molecular weight is 416 g/mol. The Morgan fingerprint density at radius 1 is 1.17 bits per heavy atom. The fourth-order valence-electron chi connectivity index (χ4n) is 3.88. The maximum atomic E-state index is 13.4. The third-order valence-electron chi connectivity index (χ3n) is 5.20. The van der Waals surface area contributed by atoms with Crippen molar-refractivity contribution in [3.05, 3.63) is 58.7 Å². The predicted molar refractivity (Wildman–Crippen MR) is 96.8 cm³/mol. The Morgan fingerprint density at radius 2 is 1.97 bits per heavy atom. The zero-order valence-electron chi connectivity index (χ0n) is 15.5. The maximum Gasteiger partial charge on any atom is 0.420 e. The molecule has 1 saturated heterocycles. The van der Waals surface area contributed by atoms with Gasteiger partial charge in [-0.3, -0.25) is 10.1 Å². The number of hydrogen-bond donors (Lipinski definition) is 1.